The van der Waals surface area contributed by atoms with Crippen LogP contribution in [0, 0.1) is 23.2 Å². The molecule has 28 heavy (non-hydrogen) atoms. The van der Waals surface area contributed by atoms with Gasteiger partial charge in [-0.2, -0.15) is 0 Å². The number of fused-ring (bicyclic) bond motifs is 5. The van der Waals surface area contributed by atoms with Gasteiger partial charge in [-0.05, 0) is 72.8 Å². The largest absolute Gasteiger partial charge is 0.390 e. The van der Waals surface area contributed by atoms with Crippen LogP contribution in [0.3, 0.4) is 0 Å². The highest BCUT2D eigenvalue weighted by Gasteiger charge is 2.66. The molecule has 0 aliphatic heterocycles. The predicted octanol–water partition coefficient (Wildman–Crippen LogP) is -1.61. The second kappa shape index (κ2) is 5.92. The number of Topliss-reactive ketones (excluding diaryl/α,β-unsaturated/α-hetero) is 1. The van der Waals surface area contributed by atoms with Gasteiger partial charge < -0.3 is 5.11 Å². The van der Waals surface area contributed by atoms with Gasteiger partial charge in [0.2, 0.25) is 0 Å². The zero-order valence-corrected chi connectivity index (χ0v) is 19.5. The number of carbonyl (C=O) groups is 1. The van der Waals surface area contributed by atoms with Gasteiger partial charge in [-0.1, -0.05) is 30.6 Å². The molecule has 0 aromatic carbocycles. The topological polar surface area (TPSA) is 37.3 Å². The van der Waals surface area contributed by atoms with Crippen molar-refractivity contribution >= 4 is 52.9 Å². The highest BCUT2D eigenvalue weighted by molar-refractivity contribution is 6.59. The standard InChI is InChI=1S/C20H36B6O2/c1-3-17-7-5-12-10(11(17)4-6-16(17,2)28)8-19(23,24)14-13(21)15(27)20(25,26)9-18(12,14)22/h10-12,28H,3-9,21-26H2,1-2H3/t10?,11?,12?,16-,17-,18-/m0/s1. The van der Waals surface area contributed by atoms with E-state index in [1.165, 1.54) is 24.8 Å². The maximum Gasteiger partial charge on any atom is 0.143 e. The molecule has 0 saturated heterocycles. The van der Waals surface area contributed by atoms with E-state index in [0.29, 0.717) is 23.5 Å². The van der Waals surface area contributed by atoms with E-state index in [-0.39, 0.29) is 21.2 Å². The molecule has 0 aromatic heterocycles. The molecule has 4 rings (SSSR count). The highest BCUT2D eigenvalue weighted by atomic mass is 16.3. The summed E-state index contributed by atoms with van der Waals surface area (Å²) in [5, 5.41) is 11.3. The van der Waals surface area contributed by atoms with Gasteiger partial charge in [0.15, 0.2) is 0 Å². The Morgan fingerprint density at radius 3 is 2.25 bits per heavy atom. The SMILES string of the molecule is BC1=C2C(B)(B)CC3C4CC[C@](C)(O)[C@@]4(CC)CCC3[C@@]2(B)CC(B)(B)C1=O. The summed E-state index contributed by atoms with van der Waals surface area (Å²) in [6.45, 7) is 4.42. The molecule has 0 bridgehead atoms. The van der Waals surface area contributed by atoms with E-state index < -0.39 is 5.60 Å². The minimum absolute atomic E-state index is 0.0669. The summed E-state index contributed by atoms with van der Waals surface area (Å²) in [4.78, 5) is 13.2. The van der Waals surface area contributed by atoms with Crippen LogP contribution in [0.4, 0.5) is 0 Å². The Bertz CT molecular complexity index is 760. The van der Waals surface area contributed by atoms with Gasteiger partial charge in [0.25, 0.3) is 0 Å². The predicted molar refractivity (Wildman–Crippen MR) is 133 cm³/mol. The van der Waals surface area contributed by atoms with E-state index in [0.717, 1.165) is 31.2 Å². The fraction of sp³-hybridized carbons (Fsp3) is 0.850. The second-order valence-corrected chi connectivity index (χ2v) is 12.6. The molecule has 3 unspecified atom stereocenters. The Morgan fingerprint density at radius 1 is 1.04 bits per heavy atom. The molecule has 6 atom stereocenters. The molecule has 0 heterocycles. The second-order valence-electron chi connectivity index (χ2n) is 12.6. The first-order valence-electron chi connectivity index (χ1n) is 11.7. The number of ketones is 1. The van der Waals surface area contributed by atoms with E-state index in [2.05, 4.69) is 60.9 Å². The lowest BCUT2D eigenvalue weighted by Gasteiger charge is -2.65. The van der Waals surface area contributed by atoms with Gasteiger partial charge in [0.1, 0.15) is 52.9 Å². The van der Waals surface area contributed by atoms with Gasteiger partial charge in [0, 0.05) is 5.41 Å². The first-order valence-corrected chi connectivity index (χ1v) is 11.7. The first-order chi connectivity index (χ1) is 12.7. The lowest BCUT2D eigenvalue weighted by atomic mass is 9.25. The monoisotopic (exact) mass is 374 g/mol. The minimum atomic E-state index is -0.518. The number of hydrogen-bond acceptors (Lipinski definition) is 2. The summed E-state index contributed by atoms with van der Waals surface area (Å²) < 4.78 is 0. The number of allylic oxidation sites excluding steroid dienone is 1. The maximum atomic E-state index is 13.2. The lowest BCUT2D eigenvalue weighted by Crippen LogP contribution is -2.57. The van der Waals surface area contributed by atoms with Crippen molar-refractivity contribution in [2.45, 2.75) is 80.1 Å². The average Bonchev–Trinajstić information content (AvgIpc) is 2.83. The molecular formula is C20H36B6O2. The normalized spacial score (nSPS) is 49.2. The van der Waals surface area contributed by atoms with Crippen molar-refractivity contribution in [3.63, 3.8) is 0 Å². The molecule has 3 saturated carbocycles. The van der Waals surface area contributed by atoms with E-state index in [1.807, 2.05) is 0 Å². The molecule has 1 N–H and O–H groups in total. The van der Waals surface area contributed by atoms with Crippen LogP contribution in [0.15, 0.2) is 11.0 Å². The van der Waals surface area contributed by atoms with E-state index in [4.69, 9.17) is 0 Å². The quantitative estimate of drug-likeness (QED) is 0.562. The van der Waals surface area contributed by atoms with Crippen molar-refractivity contribution in [2.75, 3.05) is 0 Å². The minimum Gasteiger partial charge on any atom is -0.390 e. The fourth-order valence-corrected chi connectivity index (χ4v) is 9.67. The third-order valence-corrected chi connectivity index (χ3v) is 10.2. The summed E-state index contributed by atoms with van der Waals surface area (Å²) in [7, 11) is 13.7. The third-order valence-electron chi connectivity index (χ3n) is 10.2. The van der Waals surface area contributed by atoms with E-state index in [9.17, 15) is 9.90 Å². The highest BCUT2D eigenvalue weighted by Crippen LogP contribution is 2.74. The molecule has 3 fully saturated rings. The smallest absolute Gasteiger partial charge is 0.143 e. The van der Waals surface area contributed by atoms with Gasteiger partial charge in [0.05, 0.1) is 5.60 Å². The summed E-state index contributed by atoms with van der Waals surface area (Å²) in [5.74, 6) is 2.32. The van der Waals surface area contributed by atoms with Crippen LogP contribution in [0.5, 0.6) is 0 Å². The molecule has 2 nitrogen and oxygen atoms in total. The van der Waals surface area contributed by atoms with Crippen molar-refractivity contribution in [1.82, 2.24) is 0 Å². The molecule has 0 aromatic rings. The average molecular weight is 373 g/mol. The Morgan fingerprint density at radius 2 is 1.64 bits per heavy atom. The third kappa shape index (κ3) is 2.42. The molecule has 146 valence electrons. The van der Waals surface area contributed by atoms with Crippen LogP contribution in [0.2, 0.25) is 15.7 Å². The number of carbonyl (C=O) groups excluding carboxylic acids is 1. The summed E-state index contributed by atoms with van der Waals surface area (Å²) in [6.07, 6.45) is 7.75. The molecule has 8 heteroatoms. The number of hydrogen-bond donors (Lipinski definition) is 1. The molecule has 0 spiro atoms. The van der Waals surface area contributed by atoms with E-state index in [1.54, 1.807) is 0 Å². The van der Waals surface area contributed by atoms with Crippen LogP contribution < -0.4 is 0 Å². The molecular weight excluding hydrogens is 337 g/mol. The van der Waals surface area contributed by atoms with Crippen molar-refractivity contribution in [2.24, 2.45) is 23.2 Å². The van der Waals surface area contributed by atoms with Crippen LogP contribution in [0.25, 0.3) is 0 Å². The Balaban J connectivity index is 1.86. The van der Waals surface area contributed by atoms with Crippen LogP contribution in [-0.4, -0.2) is 63.6 Å². The number of rotatable bonds is 1. The van der Waals surface area contributed by atoms with E-state index >= 15 is 0 Å². The van der Waals surface area contributed by atoms with Crippen LogP contribution in [-0.2, 0) is 4.79 Å². The van der Waals surface area contributed by atoms with Gasteiger partial charge in [-0.25, -0.2) is 0 Å². The van der Waals surface area contributed by atoms with Crippen LogP contribution in [0.1, 0.15) is 58.8 Å². The van der Waals surface area contributed by atoms with Crippen LogP contribution >= 0.6 is 0 Å². The van der Waals surface area contributed by atoms with Gasteiger partial charge >= 0.3 is 0 Å². The van der Waals surface area contributed by atoms with Crippen molar-refractivity contribution in [3.05, 3.63) is 11.0 Å². The van der Waals surface area contributed by atoms with Crippen molar-refractivity contribution in [3.8, 4) is 0 Å². The molecule has 0 amide bonds. The molecule has 4 aliphatic rings. The first kappa shape index (κ1) is 21.0. The summed E-state index contributed by atoms with van der Waals surface area (Å²) >= 11 is 0. The maximum absolute atomic E-state index is 13.2. The number of aliphatic hydroxyl groups is 1. The summed E-state index contributed by atoms with van der Waals surface area (Å²) in [6, 6.07) is 0. The molecule has 0 radical (unpaired) electrons. The Labute approximate surface area is 177 Å². The Hall–Kier alpha value is -0.240. The van der Waals surface area contributed by atoms with Crippen molar-refractivity contribution < 1.29 is 9.90 Å². The van der Waals surface area contributed by atoms with Crippen molar-refractivity contribution in [1.29, 1.82) is 0 Å². The zero-order valence-electron chi connectivity index (χ0n) is 19.5. The summed E-state index contributed by atoms with van der Waals surface area (Å²) in [5.41, 5.74) is 2.11. The zero-order chi connectivity index (χ0) is 20.9. The van der Waals surface area contributed by atoms with Gasteiger partial charge in [-0.3, -0.25) is 4.79 Å². The van der Waals surface area contributed by atoms with Gasteiger partial charge in [-0.15, -0.1) is 0 Å². The lowest BCUT2D eigenvalue weighted by molar-refractivity contribution is -0.123. The Kier molecular flexibility index (Phi) is 4.44. The molecule has 4 aliphatic carbocycles. The fourth-order valence-electron chi connectivity index (χ4n) is 9.67.